The standard InChI is InChI=1S/C12H18O4/c1-6-3-8-7-4-11(14-2)16-9(7)5-10(15-8)12(6)13/h6-11H,3-5H2,1-2H3/t6?,7?,8?,9-,10-,11?/m1/s1. The van der Waals surface area contributed by atoms with E-state index >= 15 is 0 Å². The minimum absolute atomic E-state index is 0.108. The molecule has 3 aliphatic rings. The lowest BCUT2D eigenvalue weighted by Gasteiger charge is -2.42. The van der Waals surface area contributed by atoms with Crippen LogP contribution in [0.3, 0.4) is 0 Å². The van der Waals surface area contributed by atoms with Crippen LogP contribution in [0.1, 0.15) is 26.2 Å². The summed E-state index contributed by atoms with van der Waals surface area (Å²) in [7, 11) is 1.67. The number of hydrogen-bond acceptors (Lipinski definition) is 4. The number of ether oxygens (including phenoxy) is 3. The Morgan fingerprint density at radius 1 is 1.19 bits per heavy atom. The number of carbonyl (C=O) groups is 1. The van der Waals surface area contributed by atoms with E-state index in [2.05, 4.69) is 0 Å². The Hall–Kier alpha value is -0.450. The van der Waals surface area contributed by atoms with Crippen LogP contribution in [0.2, 0.25) is 0 Å². The van der Waals surface area contributed by atoms with E-state index in [-0.39, 0.29) is 36.3 Å². The monoisotopic (exact) mass is 226 g/mol. The number of fused-ring (bicyclic) bond motifs is 4. The lowest BCUT2D eigenvalue weighted by molar-refractivity contribution is -0.183. The lowest BCUT2D eigenvalue weighted by atomic mass is 9.77. The minimum Gasteiger partial charge on any atom is -0.367 e. The van der Waals surface area contributed by atoms with Crippen molar-refractivity contribution in [2.24, 2.45) is 11.8 Å². The third kappa shape index (κ3) is 1.51. The largest absolute Gasteiger partial charge is 0.367 e. The first-order chi connectivity index (χ1) is 7.69. The maximum absolute atomic E-state index is 11.9. The van der Waals surface area contributed by atoms with Crippen LogP contribution in [0.15, 0.2) is 0 Å². The van der Waals surface area contributed by atoms with Crippen LogP contribution >= 0.6 is 0 Å². The Bertz CT molecular complexity index is 301. The summed E-state index contributed by atoms with van der Waals surface area (Å²) in [5.74, 6) is 0.808. The highest BCUT2D eigenvalue weighted by Crippen LogP contribution is 2.43. The second kappa shape index (κ2) is 3.79. The Kier molecular flexibility index (Phi) is 2.53. The molecule has 3 fully saturated rings. The molecule has 0 spiro atoms. The van der Waals surface area contributed by atoms with Gasteiger partial charge in [-0.2, -0.15) is 0 Å². The van der Waals surface area contributed by atoms with Crippen molar-refractivity contribution in [1.82, 2.24) is 0 Å². The van der Waals surface area contributed by atoms with E-state index in [1.54, 1.807) is 7.11 Å². The maximum atomic E-state index is 11.9. The van der Waals surface area contributed by atoms with E-state index in [1.807, 2.05) is 6.92 Å². The molecule has 3 rings (SSSR count). The van der Waals surface area contributed by atoms with Crippen LogP contribution in [0.4, 0.5) is 0 Å². The van der Waals surface area contributed by atoms with Crippen LogP contribution in [0.5, 0.6) is 0 Å². The SMILES string of the molecule is COC1CC2C3CC(C)C(=O)[C@@H](C[C@H]2O1)O3. The normalized spacial score (nSPS) is 51.5. The van der Waals surface area contributed by atoms with E-state index in [0.29, 0.717) is 12.3 Å². The third-order valence-corrected chi connectivity index (χ3v) is 4.18. The molecule has 3 heterocycles. The van der Waals surface area contributed by atoms with Gasteiger partial charge in [-0.3, -0.25) is 4.79 Å². The number of rotatable bonds is 1. The third-order valence-electron chi connectivity index (χ3n) is 4.18. The molecule has 6 atom stereocenters. The fraction of sp³-hybridized carbons (Fsp3) is 0.917. The van der Waals surface area contributed by atoms with Gasteiger partial charge < -0.3 is 14.2 Å². The molecule has 0 aliphatic carbocycles. The molecule has 0 radical (unpaired) electrons. The predicted molar refractivity (Wildman–Crippen MR) is 55.8 cm³/mol. The van der Waals surface area contributed by atoms with Gasteiger partial charge in [0.1, 0.15) is 6.10 Å². The van der Waals surface area contributed by atoms with Crippen LogP contribution in [-0.2, 0) is 19.0 Å². The molecule has 16 heavy (non-hydrogen) atoms. The molecular weight excluding hydrogens is 208 g/mol. The highest BCUT2D eigenvalue weighted by molar-refractivity contribution is 5.86. The average Bonchev–Trinajstić information content (AvgIpc) is 2.69. The number of hydrogen-bond donors (Lipinski definition) is 0. The summed E-state index contributed by atoms with van der Waals surface area (Å²) in [6, 6.07) is 0. The van der Waals surface area contributed by atoms with Gasteiger partial charge in [0, 0.05) is 31.8 Å². The van der Waals surface area contributed by atoms with E-state index in [4.69, 9.17) is 14.2 Å². The van der Waals surface area contributed by atoms with Crippen molar-refractivity contribution in [1.29, 1.82) is 0 Å². The zero-order valence-electron chi connectivity index (χ0n) is 9.72. The zero-order chi connectivity index (χ0) is 11.3. The van der Waals surface area contributed by atoms with Crippen molar-refractivity contribution in [3.05, 3.63) is 0 Å². The fourth-order valence-electron chi connectivity index (χ4n) is 3.27. The lowest BCUT2D eigenvalue weighted by Crippen LogP contribution is -2.51. The van der Waals surface area contributed by atoms with Gasteiger partial charge in [-0.05, 0) is 6.42 Å². The zero-order valence-corrected chi connectivity index (χ0v) is 9.72. The summed E-state index contributed by atoms with van der Waals surface area (Å²) in [4.78, 5) is 11.9. The van der Waals surface area contributed by atoms with Crippen molar-refractivity contribution in [2.45, 2.75) is 50.8 Å². The topological polar surface area (TPSA) is 44.8 Å². The fourth-order valence-corrected chi connectivity index (χ4v) is 3.27. The molecule has 3 saturated heterocycles. The first kappa shape index (κ1) is 10.7. The molecular formula is C12H18O4. The van der Waals surface area contributed by atoms with Gasteiger partial charge in [-0.1, -0.05) is 6.92 Å². The molecule has 0 amide bonds. The summed E-state index contributed by atoms with van der Waals surface area (Å²) in [5, 5.41) is 0. The van der Waals surface area contributed by atoms with Gasteiger partial charge in [0.25, 0.3) is 0 Å². The Balaban J connectivity index is 1.79. The Labute approximate surface area is 95.2 Å². The summed E-state index contributed by atoms with van der Waals surface area (Å²) in [6.45, 7) is 2.01. The maximum Gasteiger partial charge on any atom is 0.164 e. The first-order valence-corrected chi connectivity index (χ1v) is 6.06. The van der Waals surface area contributed by atoms with Crippen molar-refractivity contribution in [3.8, 4) is 0 Å². The Morgan fingerprint density at radius 2 is 1.94 bits per heavy atom. The van der Waals surface area contributed by atoms with Gasteiger partial charge in [-0.25, -0.2) is 0 Å². The molecule has 0 aromatic heterocycles. The quantitative estimate of drug-likeness (QED) is 0.672. The number of ketones is 1. The molecule has 0 saturated carbocycles. The Morgan fingerprint density at radius 3 is 2.69 bits per heavy atom. The van der Waals surface area contributed by atoms with Crippen molar-refractivity contribution in [2.75, 3.05) is 7.11 Å². The molecule has 0 aromatic rings. The molecule has 90 valence electrons. The van der Waals surface area contributed by atoms with E-state index in [0.717, 1.165) is 12.8 Å². The first-order valence-electron chi connectivity index (χ1n) is 6.06. The molecule has 4 unspecified atom stereocenters. The van der Waals surface area contributed by atoms with Crippen LogP contribution in [-0.4, -0.2) is 37.5 Å². The van der Waals surface area contributed by atoms with Gasteiger partial charge >= 0.3 is 0 Å². The van der Waals surface area contributed by atoms with Crippen molar-refractivity contribution in [3.63, 3.8) is 0 Å². The average molecular weight is 226 g/mol. The smallest absolute Gasteiger partial charge is 0.164 e. The summed E-state index contributed by atoms with van der Waals surface area (Å²) >= 11 is 0. The van der Waals surface area contributed by atoms with Gasteiger partial charge in [0.05, 0.1) is 12.2 Å². The minimum atomic E-state index is -0.231. The van der Waals surface area contributed by atoms with E-state index < -0.39 is 0 Å². The molecule has 4 heteroatoms. The van der Waals surface area contributed by atoms with E-state index in [9.17, 15) is 4.79 Å². The highest BCUT2D eigenvalue weighted by Gasteiger charge is 2.51. The van der Waals surface area contributed by atoms with Crippen molar-refractivity contribution >= 4 is 5.78 Å². The van der Waals surface area contributed by atoms with Gasteiger partial charge in [-0.15, -0.1) is 0 Å². The van der Waals surface area contributed by atoms with Crippen LogP contribution in [0.25, 0.3) is 0 Å². The summed E-state index contributed by atoms with van der Waals surface area (Å²) in [5.41, 5.74) is 0. The molecule has 0 N–H and O–H groups in total. The van der Waals surface area contributed by atoms with Crippen LogP contribution in [0, 0.1) is 11.8 Å². The molecule has 2 bridgehead atoms. The second-order valence-electron chi connectivity index (χ2n) is 5.18. The number of carbonyl (C=O) groups excluding carboxylic acids is 1. The summed E-state index contributed by atoms with van der Waals surface area (Å²) in [6.07, 6.45) is 2.47. The second-order valence-corrected chi connectivity index (χ2v) is 5.18. The molecule has 4 nitrogen and oxygen atoms in total. The van der Waals surface area contributed by atoms with Gasteiger partial charge in [0.15, 0.2) is 12.1 Å². The predicted octanol–water partition coefficient (Wildman–Crippen LogP) is 1.13. The highest BCUT2D eigenvalue weighted by atomic mass is 16.7. The molecule has 0 aromatic carbocycles. The summed E-state index contributed by atoms with van der Waals surface area (Å²) < 4.78 is 16.8. The van der Waals surface area contributed by atoms with Gasteiger partial charge in [0.2, 0.25) is 0 Å². The molecule has 3 aliphatic heterocycles. The number of Topliss-reactive ketones (excluding diaryl/α,β-unsaturated/α-hetero) is 1. The van der Waals surface area contributed by atoms with E-state index in [1.165, 1.54) is 0 Å². The number of methoxy groups -OCH3 is 1. The van der Waals surface area contributed by atoms with Crippen LogP contribution < -0.4 is 0 Å². The van der Waals surface area contributed by atoms with Crippen molar-refractivity contribution < 1.29 is 19.0 Å².